The molecule has 1 fully saturated rings. The van der Waals surface area contributed by atoms with E-state index >= 15 is 0 Å². The van der Waals surface area contributed by atoms with E-state index in [-0.39, 0.29) is 17.3 Å². The lowest BCUT2D eigenvalue weighted by atomic mass is 9.87. The molecule has 0 bridgehead atoms. The second-order valence-electron chi connectivity index (χ2n) is 5.00. The number of anilines is 1. The summed E-state index contributed by atoms with van der Waals surface area (Å²) in [6.07, 6.45) is 4.17. The zero-order valence-corrected chi connectivity index (χ0v) is 10.3. The van der Waals surface area contributed by atoms with E-state index in [0.717, 1.165) is 25.7 Å². The van der Waals surface area contributed by atoms with Crippen molar-refractivity contribution in [1.82, 2.24) is 0 Å². The Bertz CT molecular complexity index is 471. The van der Waals surface area contributed by atoms with Crippen LogP contribution in [0.25, 0.3) is 0 Å². The molecule has 0 amide bonds. The predicted octanol–water partition coefficient (Wildman–Crippen LogP) is 3.83. The highest BCUT2D eigenvalue weighted by Gasteiger charge is 2.20. The van der Waals surface area contributed by atoms with Crippen molar-refractivity contribution >= 4 is 5.69 Å². The Balaban J connectivity index is 2.11. The molecular weight excluding hydrogens is 234 g/mol. The summed E-state index contributed by atoms with van der Waals surface area (Å²) in [5.41, 5.74) is -0.0960. The van der Waals surface area contributed by atoms with Gasteiger partial charge >= 0.3 is 0 Å². The summed E-state index contributed by atoms with van der Waals surface area (Å²) in [6.45, 7) is 2.21. The van der Waals surface area contributed by atoms with Gasteiger partial charge in [0.1, 0.15) is 6.07 Å². The van der Waals surface area contributed by atoms with E-state index in [0.29, 0.717) is 5.92 Å². The Kier molecular flexibility index (Phi) is 3.81. The molecule has 0 atom stereocenters. The van der Waals surface area contributed by atoms with Crippen LogP contribution in [0.2, 0.25) is 0 Å². The highest BCUT2D eigenvalue weighted by atomic mass is 19.2. The van der Waals surface area contributed by atoms with Crippen LogP contribution in [0, 0.1) is 28.9 Å². The van der Waals surface area contributed by atoms with E-state index in [1.54, 1.807) is 6.07 Å². The fraction of sp³-hybridized carbons (Fsp3) is 0.500. The highest BCUT2D eigenvalue weighted by Crippen LogP contribution is 2.28. The van der Waals surface area contributed by atoms with Gasteiger partial charge in [-0.1, -0.05) is 6.92 Å². The van der Waals surface area contributed by atoms with E-state index < -0.39 is 11.6 Å². The molecule has 1 aliphatic rings. The van der Waals surface area contributed by atoms with Crippen molar-refractivity contribution in [3.63, 3.8) is 0 Å². The van der Waals surface area contributed by atoms with Gasteiger partial charge in [-0.3, -0.25) is 0 Å². The van der Waals surface area contributed by atoms with Crippen molar-refractivity contribution in [3.05, 3.63) is 29.3 Å². The monoisotopic (exact) mass is 250 g/mol. The topological polar surface area (TPSA) is 35.8 Å². The van der Waals surface area contributed by atoms with E-state index in [1.807, 2.05) is 0 Å². The van der Waals surface area contributed by atoms with Crippen molar-refractivity contribution in [3.8, 4) is 6.07 Å². The van der Waals surface area contributed by atoms with Gasteiger partial charge in [0, 0.05) is 6.04 Å². The lowest BCUT2D eigenvalue weighted by Crippen LogP contribution is -2.25. The van der Waals surface area contributed by atoms with Crippen LogP contribution in [0.4, 0.5) is 14.5 Å². The summed E-state index contributed by atoms with van der Waals surface area (Å²) in [5.74, 6) is -1.30. The van der Waals surface area contributed by atoms with Gasteiger partial charge in [-0.2, -0.15) is 5.26 Å². The molecule has 1 aliphatic carbocycles. The molecule has 1 aromatic rings. The second kappa shape index (κ2) is 5.34. The van der Waals surface area contributed by atoms with Gasteiger partial charge in [-0.05, 0) is 43.7 Å². The van der Waals surface area contributed by atoms with Gasteiger partial charge in [0.2, 0.25) is 0 Å². The maximum atomic E-state index is 13.7. The fourth-order valence-electron chi connectivity index (χ4n) is 2.37. The molecule has 2 nitrogen and oxygen atoms in total. The molecule has 4 heteroatoms. The average Bonchev–Trinajstić information content (AvgIpc) is 2.38. The maximum absolute atomic E-state index is 13.7. The van der Waals surface area contributed by atoms with E-state index in [9.17, 15) is 8.78 Å². The fourth-order valence-corrected chi connectivity index (χ4v) is 2.37. The molecule has 0 aromatic heterocycles. The third-order valence-corrected chi connectivity index (χ3v) is 3.58. The smallest absolute Gasteiger partial charge is 0.183 e. The largest absolute Gasteiger partial charge is 0.380 e. The third kappa shape index (κ3) is 2.61. The summed E-state index contributed by atoms with van der Waals surface area (Å²) in [6, 6.07) is 4.58. The van der Waals surface area contributed by atoms with E-state index in [4.69, 9.17) is 5.26 Å². The number of halogens is 2. The minimum absolute atomic E-state index is 0.158. The first-order valence-electron chi connectivity index (χ1n) is 6.26. The Morgan fingerprint density at radius 3 is 2.44 bits per heavy atom. The van der Waals surface area contributed by atoms with Crippen LogP contribution < -0.4 is 5.32 Å². The summed E-state index contributed by atoms with van der Waals surface area (Å²) in [5, 5.41) is 11.6. The maximum Gasteiger partial charge on any atom is 0.183 e. The van der Waals surface area contributed by atoms with E-state index in [2.05, 4.69) is 12.2 Å². The summed E-state index contributed by atoms with van der Waals surface area (Å²) in [4.78, 5) is 0. The van der Waals surface area contributed by atoms with Crippen LogP contribution in [0.15, 0.2) is 12.1 Å². The SMILES string of the molecule is CC1CCC(Nc2ccc(C#N)c(F)c2F)CC1. The zero-order valence-electron chi connectivity index (χ0n) is 10.3. The van der Waals surface area contributed by atoms with Gasteiger partial charge in [0.15, 0.2) is 11.6 Å². The molecule has 0 unspecified atom stereocenters. The molecule has 1 aromatic carbocycles. The summed E-state index contributed by atoms with van der Waals surface area (Å²) in [7, 11) is 0. The highest BCUT2D eigenvalue weighted by molar-refractivity contribution is 5.50. The molecular formula is C14H16F2N2. The Labute approximate surface area is 106 Å². The number of hydrogen-bond acceptors (Lipinski definition) is 2. The van der Waals surface area contributed by atoms with Crippen LogP contribution >= 0.6 is 0 Å². The number of nitrogens with one attached hydrogen (secondary N) is 1. The van der Waals surface area contributed by atoms with Gasteiger partial charge < -0.3 is 5.32 Å². The zero-order chi connectivity index (χ0) is 13.1. The summed E-state index contributed by atoms with van der Waals surface area (Å²) >= 11 is 0. The molecule has 2 rings (SSSR count). The first kappa shape index (κ1) is 12.8. The quantitative estimate of drug-likeness (QED) is 0.866. The molecule has 18 heavy (non-hydrogen) atoms. The van der Waals surface area contributed by atoms with Crippen LogP contribution in [0.1, 0.15) is 38.2 Å². The molecule has 1 N–H and O–H groups in total. The minimum Gasteiger partial charge on any atom is -0.380 e. The van der Waals surface area contributed by atoms with Crippen molar-refractivity contribution in [1.29, 1.82) is 5.26 Å². The Hall–Kier alpha value is -1.63. The van der Waals surface area contributed by atoms with Crippen molar-refractivity contribution < 1.29 is 8.78 Å². The first-order chi connectivity index (χ1) is 8.61. The summed E-state index contributed by atoms with van der Waals surface area (Å²) < 4.78 is 27.1. The van der Waals surface area contributed by atoms with Crippen LogP contribution in [-0.2, 0) is 0 Å². The molecule has 0 spiro atoms. The van der Waals surface area contributed by atoms with Crippen molar-refractivity contribution in [2.45, 2.75) is 38.6 Å². The molecule has 96 valence electrons. The minimum atomic E-state index is -1.06. The van der Waals surface area contributed by atoms with Crippen LogP contribution in [-0.4, -0.2) is 6.04 Å². The standard InChI is InChI=1S/C14H16F2N2/c1-9-2-5-11(6-3-9)18-12-7-4-10(8-17)13(15)14(12)16/h4,7,9,11,18H,2-3,5-6H2,1H3. The third-order valence-electron chi connectivity index (χ3n) is 3.58. The van der Waals surface area contributed by atoms with Gasteiger partial charge in [0.05, 0.1) is 11.3 Å². The normalized spacial score (nSPS) is 23.4. The Morgan fingerprint density at radius 2 is 1.83 bits per heavy atom. The first-order valence-corrected chi connectivity index (χ1v) is 6.26. The van der Waals surface area contributed by atoms with Crippen LogP contribution in [0.3, 0.4) is 0 Å². The average molecular weight is 250 g/mol. The molecule has 0 saturated heterocycles. The molecule has 1 saturated carbocycles. The number of nitriles is 1. The lowest BCUT2D eigenvalue weighted by molar-refractivity contribution is 0.360. The number of hydrogen-bond donors (Lipinski definition) is 1. The van der Waals surface area contributed by atoms with E-state index in [1.165, 1.54) is 12.1 Å². The van der Waals surface area contributed by atoms with Gasteiger partial charge in [-0.25, -0.2) is 8.78 Å². The van der Waals surface area contributed by atoms with Gasteiger partial charge in [-0.15, -0.1) is 0 Å². The van der Waals surface area contributed by atoms with Crippen LogP contribution in [0.5, 0.6) is 0 Å². The molecule has 0 aliphatic heterocycles. The second-order valence-corrected chi connectivity index (χ2v) is 5.00. The van der Waals surface area contributed by atoms with Crippen molar-refractivity contribution in [2.75, 3.05) is 5.32 Å². The van der Waals surface area contributed by atoms with Gasteiger partial charge in [0.25, 0.3) is 0 Å². The molecule has 0 radical (unpaired) electrons. The Morgan fingerprint density at radius 1 is 1.17 bits per heavy atom. The van der Waals surface area contributed by atoms with Crippen molar-refractivity contribution in [2.24, 2.45) is 5.92 Å². The number of nitrogens with zero attached hydrogens (tertiary/aromatic N) is 1. The predicted molar refractivity (Wildman–Crippen MR) is 66.1 cm³/mol. The number of rotatable bonds is 2. The molecule has 0 heterocycles. The number of benzene rings is 1. The lowest BCUT2D eigenvalue weighted by Gasteiger charge is -2.27.